The molecule has 1 N–H and O–H groups in total. The lowest BCUT2D eigenvalue weighted by Crippen LogP contribution is -2.46. The maximum Gasteiger partial charge on any atom is 0.232 e. The Balaban J connectivity index is 2.66. The van der Waals surface area contributed by atoms with E-state index >= 15 is 0 Å². The van der Waals surface area contributed by atoms with Crippen LogP contribution in [0.3, 0.4) is 0 Å². The van der Waals surface area contributed by atoms with Gasteiger partial charge in [-0.3, -0.25) is 14.5 Å². The molecule has 0 bridgehead atoms. The second-order valence-corrected chi connectivity index (χ2v) is 4.57. The summed E-state index contributed by atoms with van der Waals surface area (Å²) in [6, 6.07) is 0.00963. The number of imide groups is 1. The Kier molecular flexibility index (Phi) is 5.08. The minimum atomic E-state index is -0.202. The minimum Gasteiger partial charge on any atom is -0.383 e. The summed E-state index contributed by atoms with van der Waals surface area (Å²) in [5.74, 6) is -0.539. The number of carbonyl (C=O) groups excluding carboxylic acids is 2. The monoisotopic (exact) mass is 242 g/mol. The van der Waals surface area contributed by atoms with E-state index in [2.05, 4.69) is 5.32 Å². The summed E-state index contributed by atoms with van der Waals surface area (Å²) < 4.78 is 5.08. The van der Waals surface area contributed by atoms with Crippen molar-refractivity contribution in [3.8, 4) is 0 Å². The van der Waals surface area contributed by atoms with Crippen LogP contribution in [0.1, 0.15) is 20.8 Å². The summed E-state index contributed by atoms with van der Waals surface area (Å²) in [4.78, 5) is 25.2. The maximum absolute atomic E-state index is 11.9. The molecule has 1 rings (SSSR count). The van der Waals surface area contributed by atoms with Crippen molar-refractivity contribution in [1.82, 2.24) is 10.2 Å². The smallest absolute Gasteiger partial charge is 0.232 e. The quantitative estimate of drug-likeness (QED) is 0.678. The van der Waals surface area contributed by atoms with Gasteiger partial charge in [-0.25, -0.2) is 0 Å². The van der Waals surface area contributed by atoms with E-state index < -0.39 is 0 Å². The van der Waals surface area contributed by atoms with E-state index in [-0.39, 0.29) is 29.7 Å². The van der Waals surface area contributed by atoms with Gasteiger partial charge in [0.15, 0.2) is 0 Å². The molecule has 1 aliphatic rings. The van der Waals surface area contributed by atoms with Crippen LogP contribution in [-0.2, 0) is 14.3 Å². The number of likely N-dealkylation sites (N-methyl/N-ethyl adjacent to an activating group) is 1. The van der Waals surface area contributed by atoms with Gasteiger partial charge in [0.05, 0.1) is 6.61 Å². The van der Waals surface area contributed by atoms with Crippen LogP contribution in [0.5, 0.6) is 0 Å². The Morgan fingerprint density at radius 1 is 1.29 bits per heavy atom. The maximum atomic E-state index is 11.9. The molecule has 2 amide bonds. The van der Waals surface area contributed by atoms with Gasteiger partial charge in [0.1, 0.15) is 0 Å². The Labute approximate surface area is 102 Å². The summed E-state index contributed by atoms with van der Waals surface area (Å²) in [5.41, 5.74) is 0. The molecule has 0 saturated carbocycles. The molecular formula is C12H22N2O3. The van der Waals surface area contributed by atoms with Crippen molar-refractivity contribution < 1.29 is 14.3 Å². The molecule has 3 unspecified atom stereocenters. The average molecular weight is 242 g/mol. The lowest BCUT2D eigenvalue weighted by Gasteiger charge is -2.23. The van der Waals surface area contributed by atoms with Crippen LogP contribution in [0.25, 0.3) is 0 Å². The molecule has 1 heterocycles. The van der Waals surface area contributed by atoms with Gasteiger partial charge in [0, 0.05) is 31.5 Å². The Morgan fingerprint density at radius 2 is 1.82 bits per heavy atom. The Morgan fingerprint density at radius 3 is 2.24 bits per heavy atom. The van der Waals surface area contributed by atoms with Crippen molar-refractivity contribution in [3.05, 3.63) is 0 Å². The summed E-state index contributed by atoms with van der Waals surface area (Å²) in [5, 5.41) is 3.21. The first-order valence-electron chi connectivity index (χ1n) is 6.10. The number of hydrogen-bond donors (Lipinski definition) is 1. The molecule has 5 nitrogen and oxygen atoms in total. The number of methoxy groups -OCH3 is 1. The van der Waals surface area contributed by atoms with Crippen molar-refractivity contribution in [1.29, 1.82) is 0 Å². The van der Waals surface area contributed by atoms with Gasteiger partial charge < -0.3 is 10.1 Å². The molecule has 98 valence electrons. The molecule has 17 heavy (non-hydrogen) atoms. The second-order valence-electron chi connectivity index (χ2n) is 4.57. The highest BCUT2D eigenvalue weighted by Crippen LogP contribution is 2.25. The van der Waals surface area contributed by atoms with E-state index in [9.17, 15) is 9.59 Å². The SMILES string of the molecule is CCNC(COC)CN1C(=O)C(C)C(C)C1=O. The molecule has 5 heteroatoms. The largest absolute Gasteiger partial charge is 0.383 e. The van der Waals surface area contributed by atoms with E-state index in [1.165, 1.54) is 4.90 Å². The Hall–Kier alpha value is -0.940. The van der Waals surface area contributed by atoms with Crippen molar-refractivity contribution in [3.63, 3.8) is 0 Å². The number of nitrogens with zero attached hydrogens (tertiary/aromatic N) is 1. The molecule has 3 atom stereocenters. The zero-order valence-corrected chi connectivity index (χ0v) is 11.0. The van der Waals surface area contributed by atoms with Gasteiger partial charge in [-0.15, -0.1) is 0 Å². The van der Waals surface area contributed by atoms with Crippen LogP contribution in [0.4, 0.5) is 0 Å². The number of likely N-dealkylation sites (tertiary alicyclic amines) is 1. The average Bonchev–Trinajstić information content (AvgIpc) is 2.47. The van der Waals surface area contributed by atoms with Crippen LogP contribution in [0, 0.1) is 11.8 Å². The van der Waals surface area contributed by atoms with Gasteiger partial charge in [-0.1, -0.05) is 20.8 Å². The molecule has 0 spiro atoms. The predicted molar refractivity (Wildman–Crippen MR) is 64.4 cm³/mol. The molecule has 0 aromatic heterocycles. The number of rotatable bonds is 6. The third-order valence-corrected chi connectivity index (χ3v) is 3.32. The van der Waals surface area contributed by atoms with Gasteiger partial charge in [0.25, 0.3) is 0 Å². The molecule has 1 aliphatic heterocycles. The first-order chi connectivity index (χ1) is 8.02. The molecule has 0 aromatic rings. The summed E-state index contributed by atoms with van der Waals surface area (Å²) in [6.45, 7) is 7.28. The van der Waals surface area contributed by atoms with E-state index in [4.69, 9.17) is 4.74 Å². The third-order valence-electron chi connectivity index (χ3n) is 3.32. The first kappa shape index (κ1) is 14.1. The van der Waals surface area contributed by atoms with Crippen LogP contribution >= 0.6 is 0 Å². The van der Waals surface area contributed by atoms with Crippen LogP contribution in [-0.4, -0.2) is 49.6 Å². The fourth-order valence-corrected chi connectivity index (χ4v) is 2.09. The lowest BCUT2D eigenvalue weighted by molar-refractivity contribution is -0.140. The summed E-state index contributed by atoms with van der Waals surface area (Å²) in [6.07, 6.45) is 0. The van der Waals surface area contributed by atoms with Crippen LogP contribution < -0.4 is 5.32 Å². The van der Waals surface area contributed by atoms with E-state index in [1.807, 2.05) is 20.8 Å². The van der Waals surface area contributed by atoms with Crippen LogP contribution in [0.15, 0.2) is 0 Å². The zero-order valence-electron chi connectivity index (χ0n) is 11.0. The Bertz CT molecular complexity index is 267. The van der Waals surface area contributed by atoms with E-state index in [0.717, 1.165) is 6.54 Å². The molecule has 1 saturated heterocycles. The fraction of sp³-hybridized carbons (Fsp3) is 0.833. The normalized spacial score (nSPS) is 26.7. The third kappa shape index (κ3) is 3.04. The molecule has 1 fully saturated rings. The number of nitrogens with one attached hydrogen (secondary N) is 1. The molecular weight excluding hydrogens is 220 g/mol. The highest BCUT2D eigenvalue weighted by Gasteiger charge is 2.42. The van der Waals surface area contributed by atoms with Crippen molar-refractivity contribution in [2.75, 3.05) is 26.8 Å². The van der Waals surface area contributed by atoms with Crippen molar-refractivity contribution in [2.24, 2.45) is 11.8 Å². The first-order valence-corrected chi connectivity index (χ1v) is 6.10. The number of ether oxygens (including phenoxy) is 1. The number of amides is 2. The highest BCUT2D eigenvalue weighted by atomic mass is 16.5. The molecule has 0 aromatic carbocycles. The number of carbonyl (C=O) groups is 2. The number of hydrogen-bond acceptors (Lipinski definition) is 4. The minimum absolute atomic E-state index is 0.00963. The lowest BCUT2D eigenvalue weighted by atomic mass is 10.00. The zero-order chi connectivity index (χ0) is 13.0. The van der Waals surface area contributed by atoms with Gasteiger partial charge in [0.2, 0.25) is 11.8 Å². The van der Waals surface area contributed by atoms with Gasteiger partial charge in [-0.2, -0.15) is 0 Å². The predicted octanol–water partition coefficient (Wildman–Crippen LogP) is 0.252. The van der Waals surface area contributed by atoms with E-state index in [1.54, 1.807) is 7.11 Å². The topological polar surface area (TPSA) is 58.6 Å². The van der Waals surface area contributed by atoms with Gasteiger partial charge in [-0.05, 0) is 6.54 Å². The second kappa shape index (κ2) is 6.12. The molecule has 0 aliphatic carbocycles. The van der Waals surface area contributed by atoms with E-state index in [0.29, 0.717) is 13.2 Å². The summed E-state index contributed by atoms with van der Waals surface area (Å²) >= 11 is 0. The highest BCUT2D eigenvalue weighted by molar-refractivity contribution is 6.04. The molecule has 0 radical (unpaired) electrons. The van der Waals surface area contributed by atoms with Crippen molar-refractivity contribution in [2.45, 2.75) is 26.8 Å². The van der Waals surface area contributed by atoms with Gasteiger partial charge >= 0.3 is 0 Å². The fourth-order valence-electron chi connectivity index (χ4n) is 2.09. The standard InChI is InChI=1S/C12H22N2O3/c1-5-13-10(7-17-4)6-14-11(15)8(2)9(3)12(14)16/h8-10,13H,5-7H2,1-4H3. The summed E-state index contributed by atoms with van der Waals surface area (Å²) in [7, 11) is 1.61. The van der Waals surface area contributed by atoms with Crippen LogP contribution in [0.2, 0.25) is 0 Å². The van der Waals surface area contributed by atoms with Crippen molar-refractivity contribution >= 4 is 11.8 Å².